The number of nitrogens with zero attached hydrogens (tertiary/aromatic N) is 1. The Hall–Kier alpha value is -0.500. The van der Waals surface area contributed by atoms with Crippen LogP contribution in [0.1, 0.15) is 142 Å². The number of esters is 1. The minimum atomic E-state index is -4.24. The molecule has 240 valence electrons. The fraction of sp³-hybridized carbons (Fsp3) is 0.968. The number of hydrogen-bond donors (Lipinski definition) is 2. The van der Waals surface area contributed by atoms with Gasteiger partial charge < -0.3 is 19.2 Å². The molecule has 0 heterocycles. The van der Waals surface area contributed by atoms with Crippen LogP contribution >= 0.6 is 7.82 Å². The molecule has 0 saturated carbocycles. The summed E-state index contributed by atoms with van der Waals surface area (Å²) >= 11 is 0. The molecule has 2 atom stereocenters. The van der Waals surface area contributed by atoms with Gasteiger partial charge in [0, 0.05) is 6.42 Å². The Balaban J connectivity index is 3.43. The highest BCUT2D eigenvalue weighted by Gasteiger charge is 2.24. The number of aliphatic hydroxyl groups excluding tert-OH is 1. The molecular weight excluding hydrogens is 529 g/mol. The summed E-state index contributed by atoms with van der Waals surface area (Å²) in [7, 11) is 1.57. The molecule has 40 heavy (non-hydrogen) atoms. The monoisotopic (exact) mass is 594 g/mol. The normalized spacial score (nSPS) is 14.2. The van der Waals surface area contributed by atoms with E-state index in [1.54, 1.807) is 0 Å². The van der Waals surface area contributed by atoms with Gasteiger partial charge in [-0.3, -0.25) is 13.8 Å². The highest BCUT2D eigenvalue weighted by Crippen LogP contribution is 2.43. The lowest BCUT2D eigenvalue weighted by molar-refractivity contribution is -0.870. The molecule has 0 radical (unpaired) electrons. The van der Waals surface area contributed by atoms with Crippen LogP contribution < -0.4 is 0 Å². The molecule has 0 amide bonds. The molecule has 0 rings (SSSR count). The van der Waals surface area contributed by atoms with Gasteiger partial charge in [0.1, 0.15) is 25.9 Å². The van der Waals surface area contributed by atoms with Crippen molar-refractivity contribution >= 4 is 13.8 Å². The van der Waals surface area contributed by atoms with Crippen molar-refractivity contribution in [1.82, 2.24) is 0 Å². The van der Waals surface area contributed by atoms with Crippen LogP contribution in [-0.2, 0) is 23.1 Å². The number of phosphoric ester groups is 1. The molecule has 0 bridgehead atoms. The van der Waals surface area contributed by atoms with Gasteiger partial charge in [-0.1, -0.05) is 129 Å². The van der Waals surface area contributed by atoms with Crippen molar-refractivity contribution in [2.75, 3.05) is 47.5 Å². The van der Waals surface area contributed by atoms with Crippen molar-refractivity contribution in [2.24, 2.45) is 0 Å². The maximum atomic E-state index is 11.9. The van der Waals surface area contributed by atoms with Gasteiger partial charge in [-0.05, 0) is 6.42 Å². The van der Waals surface area contributed by atoms with Crippen molar-refractivity contribution < 1.29 is 37.6 Å². The third-order valence-corrected chi connectivity index (χ3v) is 8.10. The van der Waals surface area contributed by atoms with E-state index in [0.29, 0.717) is 17.4 Å². The molecule has 0 aliphatic carbocycles. The van der Waals surface area contributed by atoms with Gasteiger partial charge in [-0.25, -0.2) is 4.57 Å². The third kappa shape index (κ3) is 30.5. The molecule has 0 fully saturated rings. The van der Waals surface area contributed by atoms with E-state index in [4.69, 9.17) is 13.8 Å². The zero-order valence-electron chi connectivity index (χ0n) is 26.6. The Bertz CT molecular complexity index is 627. The van der Waals surface area contributed by atoms with E-state index < -0.39 is 20.5 Å². The van der Waals surface area contributed by atoms with E-state index in [1.807, 2.05) is 21.1 Å². The SMILES string of the molecule is CCCCCCCCCCCCCCCCCCCCCCC(=O)OCC(O)COP(=O)(O)OCC[N+](C)(C)C. The highest BCUT2D eigenvalue weighted by atomic mass is 31.2. The Morgan fingerprint density at radius 1 is 0.675 bits per heavy atom. The zero-order chi connectivity index (χ0) is 30.0. The van der Waals surface area contributed by atoms with Gasteiger partial charge in [0.2, 0.25) is 0 Å². The van der Waals surface area contributed by atoms with Gasteiger partial charge in [0.05, 0.1) is 27.7 Å². The number of carbonyl (C=O) groups excluding carboxylic acids is 1. The second-order valence-electron chi connectivity index (χ2n) is 12.4. The molecule has 9 heteroatoms. The summed E-state index contributed by atoms with van der Waals surface area (Å²) in [5.41, 5.74) is 0. The van der Waals surface area contributed by atoms with E-state index in [1.165, 1.54) is 109 Å². The number of unbranched alkanes of at least 4 members (excludes halogenated alkanes) is 19. The quantitative estimate of drug-likeness (QED) is 0.0377. The van der Waals surface area contributed by atoms with Crippen LogP contribution in [0.2, 0.25) is 0 Å². The van der Waals surface area contributed by atoms with E-state index in [9.17, 15) is 19.4 Å². The number of hydrogen-bond acceptors (Lipinski definition) is 6. The molecule has 0 aliphatic rings. The van der Waals surface area contributed by atoms with Crippen molar-refractivity contribution in [2.45, 2.75) is 148 Å². The first-order valence-corrected chi connectivity index (χ1v) is 17.8. The maximum Gasteiger partial charge on any atom is 0.472 e. The molecule has 0 saturated heterocycles. The van der Waals surface area contributed by atoms with Gasteiger partial charge >= 0.3 is 13.8 Å². The minimum Gasteiger partial charge on any atom is -0.463 e. The second-order valence-corrected chi connectivity index (χ2v) is 13.9. The first-order chi connectivity index (χ1) is 19.1. The van der Waals surface area contributed by atoms with Gasteiger partial charge in [-0.2, -0.15) is 0 Å². The van der Waals surface area contributed by atoms with Crippen LogP contribution in [0.4, 0.5) is 0 Å². The van der Waals surface area contributed by atoms with Gasteiger partial charge in [0.25, 0.3) is 0 Å². The van der Waals surface area contributed by atoms with Crippen molar-refractivity contribution in [3.63, 3.8) is 0 Å². The lowest BCUT2D eigenvalue weighted by Gasteiger charge is -2.24. The molecule has 0 aromatic heterocycles. The fourth-order valence-electron chi connectivity index (χ4n) is 4.48. The molecule has 0 aliphatic heterocycles. The summed E-state index contributed by atoms with van der Waals surface area (Å²) in [6.07, 6.45) is 25.4. The summed E-state index contributed by atoms with van der Waals surface area (Å²) in [4.78, 5) is 21.5. The summed E-state index contributed by atoms with van der Waals surface area (Å²) in [6.45, 7) is 2.16. The largest absolute Gasteiger partial charge is 0.472 e. The summed E-state index contributed by atoms with van der Waals surface area (Å²) in [6, 6.07) is 0. The minimum absolute atomic E-state index is 0.0574. The van der Waals surface area contributed by atoms with Gasteiger partial charge in [-0.15, -0.1) is 0 Å². The number of carbonyl (C=O) groups is 1. The molecule has 0 aromatic rings. The molecular formula is C31H65NO7P+. The standard InChI is InChI=1S/C31H64NO7P/c1-5-6-7-8-9-10-11-12-13-14-15-16-17-18-19-20-21-22-23-24-25-31(34)37-28-30(33)29-39-40(35,36)38-27-26-32(2,3)4/h30,33H,5-29H2,1-4H3/p+1. The van der Waals surface area contributed by atoms with E-state index in [-0.39, 0.29) is 19.2 Å². The van der Waals surface area contributed by atoms with Crippen LogP contribution in [0.15, 0.2) is 0 Å². The average Bonchev–Trinajstić information content (AvgIpc) is 2.88. The first-order valence-electron chi connectivity index (χ1n) is 16.3. The van der Waals surface area contributed by atoms with Gasteiger partial charge in [0.15, 0.2) is 0 Å². The summed E-state index contributed by atoms with van der Waals surface area (Å²) in [5, 5.41) is 9.86. The summed E-state index contributed by atoms with van der Waals surface area (Å²) < 4.78 is 27.1. The molecule has 0 spiro atoms. The second kappa shape index (κ2) is 26.2. The lowest BCUT2D eigenvalue weighted by atomic mass is 10.0. The van der Waals surface area contributed by atoms with E-state index >= 15 is 0 Å². The predicted octanol–water partition coefficient (Wildman–Crippen LogP) is 7.94. The van der Waals surface area contributed by atoms with Crippen LogP contribution in [0.3, 0.4) is 0 Å². The Morgan fingerprint density at radius 3 is 1.48 bits per heavy atom. The number of likely N-dealkylation sites (N-methyl/N-ethyl adjacent to an activating group) is 1. The van der Waals surface area contributed by atoms with Crippen molar-refractivity contribution in [3.05, 3.63) is 0 Å². The summed E-state index contributed by atoms with van der Waals surface area (Å²) in [5.74, 6) is -0.368. The average molecular weight is 595 g/mol. The highest BCUT2D eigenvalue weighted by molar-refractivity contribution is 7.47. The molecule has 8 nitrogen and oxygen atoms in total. The predicted molar refractivity (Wildman–Crippen MR) is 164 cm³/mol. The number of aliphatic hydroxyl groups is 1. The molecule has 2 unspecified atom stereocenters. The topological polar surface area (TPSA) is 102 Å². The Labute approximate surface area is 246 Å². The van der Waals surface area contributed by atoms with Crippen LogP contribution in [0, 0.1) is 0 Å². The fourth-order valence-corrected chi connectivity index (χ4v) is 5.23. The smallest absolute Gasteiger partial charge is 0.463 e. The molecule has 0 aromatic carbocycles. The van der Waals surface area contributed by atoms with Crippen LogP contribution in [0.5, 0.6) is 0 Å². The number of ether oxygens (including phenoxy) is 1. The van der Waals surface area contributed by atoms with Crippen LogP contribution in [-0.4, -0.2) is 74.1 Å². The Morgan fingerprint density at radius 2 is 1.07 bits per heavy atom. The lowest BCUT2D eigenvalue weighted by Crippen LogP contribution is -2.37. The van der Waals surface area contributed by atoms with E-state index in [0.717, 1.165) is 19.3 Å². The maximum absolute atomic E-state index is 11.9. The number of quaternary nitrogens is 1. The first kappa shape index (κ1) is 39.5. The van der Waals surface area contributed by atoms with E-state index in [2.05, 4.69) is 6.92 Å². The zero-order valence-corrected chi connectivity index (χ0v) is 27.5. The molecule has 2 N–H and O–H groups in total. The Kier molecular flexibility index (Phi) is 25.8. The number of rotatable bonds is 30. The number of phosphoric acid groups is 1. The van der Waals surface area contributed by atoms with Crippen LogP contribution in [0.25, 0.3) is 0 Å². The van der Waals surface area contributed by atoms with Crippen molar-refractivity contribution in [1.29, 1.82) is 0 Å². The van der Waals surface area contributed by atoms with Crippen molar-refractivity contribution in [3.8, 4) is 0 Å². The third-order valence-electron chi connectivity index (χ3n) is 7.12.